The summed E-state index contributed by atoms with van der Waals surface area (Å²) in [7, 11) is 0. The van der Waals surface area contributed by atoms with E-state index in [-0.39, 0.29) is 5.41 Å². The zero-order chi connectivity index (χ0) is 13.5. The third-order valence-corrected chi connectivity index (χ3v) is 4.69. The molecule has 3 unspecified atom stereocenters. The summed E-state index contributed by atoms with van der Waals surface area (Å²) in [6, 6.07) is 10.4. The van der Waals surface area contributed by atoms with Gasteiger partial charge in [-0.1, -0.05) is 26.0 Å². The molecule has 0 bridgehead atoms. The van der Waals surface area contributed by atoms with E-state index in [1.807, 2.05) is 24.3 Å². The van der Waals surface area contributed by atoms with Crippen LogP contribution < -0.4 is 5.32 Å². The van der Waals surface area contributed by atoms with Gasteiger partial charge in [0.2, 0.25) is 0 Å². The van der Waals surface area contributed by atoms with Crippen LogP contribution in [0.4, 0.5) is 5.69 Å². The Morgan fingerprint density at radius 3 is 2.95 bits per heavy atom. The zero-order valence-corrected chi connectivity index (χ0v) is 11.5. The normalized spacial score (nSPS) is 31.7. The highest BCUT2D eigenvalue weighted by atomic mass is 16.5. The van der Waals surface area contributed by atoms with Gasteiger partial charge in [0.15, 0.2) is 0 Å². The van der Waals surface area contributed by atoms with Gasteiger partial charge < -0.3 is 10.1 Å². The average Bonchev–Trinajstić information content (AvgIpc) is 2.45. The molecule has 0 spiro atoms. The largest absolute Gasteiger partial charge is 0.380 e. The Bertz CT molecular complexity index is 518. The van der Waals surface area contributed by atoms with Crippen molar-refractivity contribution in [2.75, 3.05) is 11.9 Å². The predicted octanol–water partition coefficient (Wildman–Crippen LogP) is 3.17. The smallest absolute Gasteiger partial charge is 0.101 e. The number of rotatable bonds is 2. The average molecular weight is 256 g/mol. The predicted molar refractivity (Wildman–Crippen MR) is 74.8 cm³/mol. The van der Waals surface area contributed by atoms with E-state index in [1.165, 1.54) is 6.42 Å². The van der Waals surface area contributed by atoms with E-state index in [1.54, 1.807) is 0 Å². The lowest BCUT2D eigenvalue weighted by molar-refractivity contribution is -0.177. The second kappa shape index (κ2) is 4.54. The quantitative estimate of drug-likeness (QED) is 0.884. The highest BCUT2D eigenvalue weighted by Crippen LogP contribution is 2.52. The van der Waals surface area contributed by atoms with E-state index >= 15 is 0 Å². The van der Waals surface area contributed by atoms with Crippen LogP contribution in [-0.2, 0) is 4.74 Å². The van der Waals surface area contributed by atoms with Gasteiger partial charge in [-0.2, -0.15) is 5.26 Å². The second-order valence-electron chi connectivity index (χ2n) is 6.20. The molecule has 2 fully saturated rings. The van der Waals surface area contributed by atoms with E-state index in [2.05, 4.69) is 25.2 Å². The van der Waals surface area contributed by atoms with E-state index in [0.717, 1.165) is 24.3 Å². The van der Waals surface area contributed by atoms with Crippen molar-refractivity contribution in [2.45, 2.75) is 38.8 Å². The zero-order valence-electron chi connectivity index (χ0n) is 11.5. The van der Waals surface area contributed by atoms with E-state index in [4.69, 9.17) is 10.00 Å². The number of ether oxygens (including phenoxy) is 1. The first-order chi connectivity index (χ1) is 9.14. The summed E-state index contributed by atoms with van der Waals surface area (Å²) in [6.07, 6.45) is 2.74. The van der Waals surface area contributed by atoms with Crippen LogP contribution in [-0.4, -0.2) is 18.8 Å². The SMILES string of the molecule is CC1(C)C(Nc2ccccc2C#N)C2CCCOC21. The van der Waals surface area contributed by atoms with Gasteiger partial charge in [-0.3, -0.25) is 0 Å². The molecule has 1 aromatic rings. The van der Waals surface area contributed by atoms with E-state index < -0.39 is 0 Å². The van der Waals surface area contributed by atoms with Crippen LogP contribution in [0.5, 0.6) is 0 Å². The molecule has 100 valence electrons. The fraction of sp³-hybridized carbons (Fsp3) is 0.562. The van der Waals surface area contributed by atoms with Crippen LogP contribution in [0.25, 0.3) is 0 Å². The molecule has 1 aliphatic heterocycles. The molecule has 1 aromatic carbocycles. The number of para-hydroxylation sites is 1. The van der Waals surface area contributed by atoms with Crippen LogP contribution in [0.2, 0.25) is 0 Å². The van der Waals surface area contributed by atoms with Gasteiger partial charge in [-0.05, 0) is 25.0 Å². The molecule has 0 aromatic heterocycles. The van der Waals surface area contributed by atoms with Gasteiger partial charge in [0.05, 0.1) is 17.4 Å². The van der Waals surface area contributed by atoms with Gasteiger partial charge in [0, 0.05) is 24.0 Å². The van der Waals surface area contributed by atoms with Crippen LogP contribution in [0.15, 0.2) is 24.3 Å². The first-order valence-corrected chi connectivity index (χ1v) is 7.02. The first kappa shape index (κ1) is 12.5. The summed E-state index contributed by atoms with van der Waals surface area (Å²) in [5.74, 6) is 0.579. The van der Waals surface area contributed by atoms with Crippen molar-refractivity contribution < 1.29 is 4.74 Å². The lowest BCUT2D eigenvalue weighted by atomic mass is 9.55. The minimum Gasteiger partial charge on any atom is -0.380 e. The molecule has 3 nitrogen and oxygen atoms in total. The molecule has 1 saturated heterocycles. The molecule has 1 saturated carbocycles. The fourth-order valence-electron chi connectivity index (χ4n) is 3.69. The summed E-state index contributed by atoms with van der Waals surface area (Å²) in [5.41, 5.74) is 1.80. The summed E-state index contributed by atoms with van der Waals surface area (Å²) >= 11 is 0. The molecule has 3 rings (SSSR count). The van der Waals surface area contributed by atoms with E-state index in [9.17, 15) is 0 Å². The Labute approximate surface area is 114 Å². The maximum absolute atomic E-state index is 9.17. The van der Waals surface area contributed by atoms with Crippen molar-refractivity contribution in [1.29, 1.82) is 5.26 Å². The molecule has 3 heteroatoms. The van der Waals surface area contributed by atoms with E-state index in [0.29, 0.717) is 18.1 Å². The molecule has 2 aliphatic rings. The molecule has 19 heavy (non-hydrogen) atoms. The molecule has 3 atom stereocenters. The molecular formula is C16H20N2O. The van der Waals surface area contributed by atoms with Gasteiger partial charge >= 0.3 is 0 Å². The third-order valence-electron chi connectivity index (χ3n) is 4.69. The minimum absolute atomic E-state index is 0.133. The summed E-state index contributed by atoms with van der Waals surface area (Å²) in [6.45, 7) is 5.41. The van der Waals surface area contributed by atoms with Gasteiger partial charge in [0.25, 0.3) is 0 Å². The Morgan fingerprint density at radius 1 is 1.37 bits per heavy atom. The molecule has 0 radical (unpaired) electrons. The van der Waals surface area contributed by atoms with Gasteiger partial charge in [0.1, 0.15) is 6.07 Å². The maximum atomic E-state index is 9.17. The molecule has 1 N–H and O–H groups in total. The number of benzene rings is 1. The van der Waals surface area contributed by atoms with Crippen LogP contribution in [0.1, 0.15) is 32.3 Å². The highest BCUT2D eigenvalue weighted by molar-refractivity contribution is 5.58. The number of anilines is 1. The van der Waals surface area contributed by atoms with Crippen LogP contribution >= 0.6 is 0 Å². The molecular weight excluding hydrogens is 236 g/mol. The highest BCUT2D eigenvalue weighted by Gasteiger charge is 2.57. The third kappa shape index (κ3) is 1.91. The summed E-state index contributed by atoms with van der Waals surface area (Å²) < 4.78 is 5.91. The molecule has 1 heterocycles. The number of nitriles is 1. The van der Waals surface area contributed by atoms with Crippen molar-refractivity contribution in [3.63, 3.8) is 0 Å². The summed E-state index contributed by atoms with van der Waals surface area (Å²) in [5, 5.41) is 12.8. The Hall–Kier alpha value is -1.53. The van der Waals surface area contributed by atoms with Crippen LogP contribution in [0.3, 0.4) is 0 Å². The topological polar surface area (TPSA) is 45.0 Å². The Balaban J connectivity index is 1.81. The fourth-order valence-corrected chi connectivity index (χ4v) is 3.69. The van der Waals surface area contributed by atoms with Crippen molar-refractivity contribution in [3.8, 4) is 6.07 Å². The van der Waals surface area contributed by atoms with Crippen molar-refractivity contribution in [2.24, 2.45) is 11.3 Å². The van der Waals surface area contributed by atoms with Gasteiger partial charge in [-0.25, -0.2) is 0 Å². The lowest BCUT2D eigenvalue weighted by Gasteiger charge is -2.60. The van der Waals surface area contributed by atoms with Crippen molar-refractivity contribution in [1.82, 2.24) is 0 Å². The molecule has 0 amide bonds. The molecule has 1 aliphatic carbocycles. The number of hydrogen-bond acceptors (Lipinski definition) is 3. The van der Waals surface area contributed by atoms with Crippen LogP contribution in [0, 0.1) is 22.7 Å². The Morgan fingerprint density at radius 2 is 2.16 bits per heavy atom. The number of hydrogen-bond donors (Lipinski definition) is 1. The summed E-state index contributed by atoms with van der Waals surface area (Å²) in [4.78, 5) is 0. The number of fused-ring (bicyclic) bond motifs is 1. The minimum atomic E-state index is 0.133. The first-order valence-electron chi connectivity index (χ1n) is 7.02. The standard InChI is InChI=1S/C16H20N2O/c1-16(2)14(12-7-5-9-19-15(12)16)18-13-8-4-3-6-11(13)10-17/h3-4,6,8,12,14-15,18H,5,7,9H2,1-2H3. The van der Waals surface area contributed by atoms with Gasteiger partial charge in [-0.15, -0.1) is 0 Å². The lowest BCUT2D eigenvalue weighted by Crippen LogP contribution is -2.67. The second-order valence-corrected chi connectivity index (χ2v) is 6.20. The number of nitrogens with one attached hydrogen (secondary N) is 1. The Kier molecular flexibility index (Phi) is 2.99. The van der Waals surface area contributed by atoms with Crippen molar-refractivity contribution >= 4 is 5.69 Å². The van der Waals surface area contributed by atoms with Crippen molar-refractivity contribution in [3.05, 3.63) is 29.8 Å². The monoisotopic (exact) mass is 256 g/mol. The maximum Gasteiger partial charge on any atom is 0.101 e. The number of nitrogens with zero attached hydrogens (tertiary/aromatic N) is 1.